The Hall–Kier alpha value is -2.04. The summed E-state index contributed by atoms with van der Waals surface area (Å²) < 4.78 is 1.69. The molecule has 0 spiro atoms. The minimum Gasteiger partial charge on any atom is -0.368 e. The summed E-state index contributed by atoms with van der Waals surface area (Å²) in [6.45, 7) is 2.05. The van der Waals surface area contributed by atoms with Gasteiger partial charge in [0, 0.05) is 13.1 Å². The van der Waals surface area contributed by atoms with Crippen molar-refractivity contribution in [3.8, 4) is 5.69 Å². The summed E-state index contributed by atoms with van der Waals surface area (Å²) in [4.78, 5) is 6.50. The zero-order valence-corrected chi connectivity index (χ0v) is 9.58. The van der Waals surface area contributed by atoms with Crippen molar-refractivity contribution in [1.29, 1.82) is 0 Å². The number of anilines is 2. The van der Waals surface area contributed by atoms with Crippen molar-refractivity contribution in [2.24, 2.45) is 0 Å². The van der Waals surface area contributed by atoms with Crippen LogP contribution in [0.15, 0.2) is 30.3 Å². The van der Waals surface area contributed by atoms with Crippen LogP contribution in [0, 0.1) is 0 Å². The van der Waals surface area contributed by atoms with Gasteiger partial charge < -0.3 is 10.6 Å². The Morgan fingerprint density at radius 1 is 1.06 bits per heavy atom. The smallest absolute Gasteiger partial charge is 0.246 e. The van der Waals surface area contributed by atoms with E-state index in [2.05, 4.69) is 15.0 Å². The third-order valence-corrected chi connectivity index (χ3v) is 3.01. The Labute approximate surface area is 99.9 Å². The molecule has 0 saturated carbocycles. The molecule has 0 radical (unpaired) electrons. The predicted molar refractivity (Wildman–Crippen MR) is 67.2 cm³/mol. The van der Waals surface area contributed by atoms with Crippen LogP contribution in [0.2, 0.25) is 0 Å². The van der Waals surface area contributed by atoms with E-state index in [9.17, 15) is 0 Å². The Bertz CT molecular complexity index is 499. The maximum absolute atomic E-state index is 5.90. The first-order valence-electron chi connectivity index (χ1n) is 5.87. The fourth-order valence-corrected chi connectivity index (χ4v) is 2.12. The van der Waals surface area contributed by atoms with E-state index in [-0.39, 0.29) is 0 Å². The Balaban J connectivity index is 1.96. The Morgan fingerprint density at radius 3 is 2.47 bits per heavy atom. The molecule has 88 valence electrons. The lowest BCUT2D eigenvalue weighted by Gasteiger charge is -2.10. The van der Waals surface area contributed by atoms with Gasteiger partial charge >= 0.3 is 0 Å². The van der Waals surface area contributed by atoms with E-state index in [1.54, 1.807) is 4.68 Å². The number of aromatic nitrogens is 3. The lowest BCUT2D eigenvalue weighted by Crippen LogP contribution is -2.19. The number of benzene rings is 1. The van der Waals surface area contributed by atoms with Crippen LogP contribution in [0.25, 0.3) is 5.69 Å². The van der Waals surface area contributed by atoms with E-state index in [0.29, 0.717) is 5.95 Å². The fraction of sp³-hybridized carbons (Fsp3) is 0.333. The molecule has 1 aromatic carbocycles. The van der Waals surface area contributed by atoms with E-state index in [4.69, 9.17) is 5.73 Å². The molecule has 2 aromatic rings. The van der Waals surface area contributed by atoms with Gasteiger partial charge in [-0.2, -0.15) is 9.67 Å². The molecule has 17 heavy (non-hydrogen) atoms. The molecule has 1 fully saturated rings. The molecule has 5 heteroatoms. The van der Waals surface area contributed by atoms with Gasteiger partial charge in [0.05, 0.1) is 5.69 Å². The van der Waals surface area contributed by atoms with Gasteiger partial charge in [-0.3, -0.25) is 0 Å². The van der Waals surface area contributed by atoms with E-state index in [1.807, 2.05) is 30.3 Å². The molecule has 3 rings (SSSR count). The molecule has 2 N–H and O–H groups in total. The molecule has 5 nitrogen and oxygen atoms in total. The first-order valence-corrected chi connectivity index (χ1v) is 5.87. The average Bonchev–Trinajstić information content (AvgIpc) is 2.99. The zero-order chi connectivity index (χ0) is 11.7. The standard InChI is InChI=1S/C12H15N5/c13-11-14-12(16-8-4-5-9-16)15-17(11)10-6-2-1-3-7-10/h1-3,6-7H,4-5,8-9H2,(H2,13,14,15). The van der Waals surface area contributed by atoms with Crippen LogP contribution in [0.4, 0.5) is 11.9 Å². The fourth-order valence-electron chi connectivity index (χ4n) is 2.12. The molecule has 0 atom stereocenters. The largest absolute Gasteiger partial charge is 0.368 e. The SMILES string of the molecule is Nc1nc(N2CCCC2)nn1-c1ccccc1. The van der Waals surface area contributed by atoms with Crippen molar-refractivity contribution in [2.75, 3.05) is 23.7 Å². The summed E-state index contributed by atoms with van der Waals surface area (Å²) >= 11 is 0. The number of nitrogens with two attached hydrogens (primary N) is 1. The number of rotatable bonds is 2. The van der Waals surface area contributed by atoms with Gasteiger partial charge in [0.2, 0.25) is 11.9 Å². The van der Waals surface area contributed by atoms with E-state index in [0.717, 1.165) is 24.7 Å². The molecular weight excluding hydrogens is 214 g/mol. The highest BCUT2D eigenvalue weighted by molar-refractivity contribution is 5.43. The molecule has 1 aliphatic heterocycles. The molecule has 1 saturated heterocycles. The van der Waals surface area contributed by atoms with Crippen LogP contribution >= 0.6 is 0 Å². The highest BCUT2D eigenvalue weighted by atomic mass is 15.5. The number of nitrogen functional groups attached to an aromatic ring is 1. The van der Waals surface area contributed by atoms with E-state index in [1.165, 1.54) is 12.8 Å². The maximum atomic E-state index is 5.90. The highest BCUT2D eigenvalue weighted by Crippen LogP contribution is 2.19. The normalized spacial score (nSPS) is 15.4. The monoisotopic (exact) mass is 229 g/mol. The van der Waals surface area contributed by atoms with Gasteiger partial charge in [-0.25, -0.2) is 0 Å². The van der Waals surface area contributed by atoms with Crippen LogP contribution in [0.5, 0.6) is 0 Å². The third kappa shape index (κ3) is 1.84. The number of hydrogen-bond donors (Lipinski definition) is 1. The van der Waals surface area contributed by atoms with Gasteiger partial charge in [0.15, 0.2) is 0 Å². The van der Waals surface area contributed by atoms with Gasteiger partial charge in [-0.05, 0) is 25.0 Å². The quantitative estimate of drug-likeness (QED) is 0.846. The van der Waals surface area contributed by atoms with Crippen LogP contribution in [-0.4, -0.2) is 27.9 Å². The highest BCUT2D eigenvalue weighted by Gasteiger charge is 2.18. The zero-order valence-electron chi connectivity index (χ0n) is 9.58. The number of nitrogens with zero attached hydrogens (tertiary/aromatic N) is 4. The second-order valence-electron chi connectivity index (χ2n) is 4.21. The second-order valence-corrected chi connectivity index (χ2v) is 4.21. The van der Waals surface area contributed by atoms with Crippen LogP contribution in [0.1, 0.15) is 12.8 Å². The third-order valence-electron chi connectivity index (χ3n) is 3.01. The maximum Gasteiger partial charge on any atom is 0.246 e. The van der Waals surface area contributed by atoms with Gasteiger partial charge in [-0.1, -0.05) is 18.2 Å². The second kappa shape index (κ2) is 4.08. The van der Waals surface area contributed by atoms with Crippen molar-refractivity contribution in [1.82, 2.24) is 14.8 Å². The summed E-state index contributed by atoms with van der Waals surface area (Å²) in [5, 5.41) is 4.47. The summed E-state index contributed by atoms with van der Waals surface area (Å²) in [5.41, 5.74) is 6.85. The molecule has 0 amide bonds. The Morgan fingerprint density at radius 2 is 1.76 bits per heavy atom. The van der Waals surface area contributed by atoms with Gasteiger partial charge in [-0.15, -0.1) is 5.10 Å². The van der Waals surface area contributed by atoms with E-state index >= 15 is 0 Å². The van der Waals surface area contributed by atoms with E-state index < -0.39 is 0 Å². The Kier molecular flexibility index (Phi) is 2.44. The van der Waals surface area contributed by atoms with Crippen LogP contribution in [0.3, 0.4) is 0 Å². The van der Waals surface area contributed by atoms with Crippen LogP contribution in [-0.2, 0) is 0 Å². The molecule has 2 heterocycles. The van der Waals surface area contributed by atoms with Crippen molar-refractivity contribution in [2.45, 2.75) is 12.8 Å². The van der Waals surface area contributed by atoms with Crippen molar-refractivity contribution in [3.63, 3.8) is 0 Å². The summed E-state index contributed by atoms with van der Waals surface area (Å²) in [7, 11) is 0. The molecular formula is C12H15N5. The summed E-state index contributed by atoms with van der Waals surface area (Å²) in [5.74, 6) is 1.18. The molecule has 1 aliphatic rings. The summed E-state index contributed by atoms with van der Waals surface area (Å²) in [6.07, 6.45) is 2.42. The summed E-state index contributed by atoms with van der Waals surface area (Å²) in [6, 6.07) is 9.84. The average molecular weight is 229 g/mol. The minimum absolute atomic E-state index is 0.443. The molecule has 1 aromatic heterocycles. The van der Waals surface area contributed by atoms with Gasteiger partial charge in [0.1, 0.15) is 0 Å². The first kappa shape index (κ1) is 10.1. The van der Waals surface area contributed by atoms with Crippen molar-refractivity contribution in [3.05, 3.63) is 30.3 Å². The predicted octanol–water partition coefficient (Wildman–Crippen LogP) is 1.45. The molecule has 0 aliphatic carbocycles. The van der Waals surface area contributed by atoms with Crippen molar-refractivity contribution < 1.29 is 0 Å². The molecule has 0 bridgehead atoms. The lowest BCUT2D eigenvalue weighted by atomic mass is 10.3. The minimum atomic E-state index is 0.443. The van der Waals surface area contributed by atoms with Gasteiger partial charge in [0.25, 0.3) is 0 Å². The molecule has 0 unspecified atom stereocenters. The van der Waals surface area contributed by atoms with Crippen molar-refractivity contribution >= 4 is 11.9 Å². The number of hydrogen-bond acceptors (Lipinski definition) is 4. The van der Waals surface area contributed by atoms with Crippen LogP contribution < -0.4 is 10.6 Å². The first-order chi connectivity index (χ1) is 8.34. The number of para-hydroxylation sites is 1. The topological polar surface area (TPSA) is 60.0 Å². The lowest BCUT2D eigenvalue weighted by molar-refractivity contribution is 0.847.